The number of hydrogen-bond acceptors (Lipinski definition) is 3. The van der Waals surface area contributed by atoms with Crippen LogP contribution in [0, 0.1) is 5.92 Å². The molecule has 1 N–H and O–H groups in total. The van der Waals surface area contributed by atoms with E-state index in [-0.39, 0.29) is 0 Å². The predicted molar refractivity (Wildman–Crippen MR) is 75.5 cm³/mol. The first kappa shape index (κ1) is 13.0. The summed E-state index contributed by atoms with van der Waals surface area (Å²) in [6.07, 6.45) is 8.20. The summed E-state index contributed by atoms with van der Waals surface area (Å²) in [7, 11) is 0. The maximum absolute atomic E-state index is 5.93. The van der Waals surface area contributed by atoms with Crippen LogP contribution < -0.4 is 4.74 Å². The normalized spacial score (nSPS) is 29.6. The Labute approximate surface area is 115 Å². The second-order valence-electron chi connectivity index (χ2n) is 5.93. The van der Waals surface area contributed by atoms with Crippen LogP contribution in [0.3, 0.4) is 0 Å². The zero-order valence-corrected chi connectivity index (χ0v) is 11.9. The molecule has 4 rings (SSSR count). The molecule has 4 heteroatoms. The van der Waals surface area contributed by atoms with Gasteiger partial charge < -0.3 is 9.64 Å². The minimum atomic E-state index is 0.579. The molecule has 1 aromatic heterocycles. The maximum atomic E-state index is 5.93. The Bertz CT molecular complexity index is 396. The molecule has 4 nitrogen and oxygen atoms in total. The van der Waals surface area contributed by atoms with Gasteiger partial charge in [-0.3, -0.25) is 5.10 Å². The highest BCUT2D eigenvalue weighted by Gasteiger charge is 2.37. The van der Waals surface area contributed by atoms with Gasteiger partial charge in [-0.15, -0.1) is 0 Å². The van der Waals surface area contributed by atoms with Crippen molar-refractivity contribution >= 4 is 0 Å². The van der Waals surface area contributed by atoms with E-state index in [0.717, 1.165) is 24.7 Å². The van der Waals surface area contributed by atoms with Gasteiger partial charge in [0.05, 0.1) is 12.8 Å². The van der Waals surface area contributed by atoms with Crippen molar-refractivity contribution in [2.45, 2.75) is 44.9 Å². The van der Waals surface area contributed by atoms with Crippen LogP contribution >= 0.6 is 0 Å². The van der Waals surface area contributed by atoms with Gasteiger partial charge in [0.15, 0.2) is 5.75 Å². The summed E-state index contributed by atoms with van der Waals surface area (Å²) in [4.78, 5) is 2.57. The van der Waals surface area contributed by atoms with Crippen LogP contribution in [0.25, 0.3) is 0 Å². The standard InChI is InChI=1S/C15H25N3O/c1-2-3-4-9-19-14-10-16-17-15(14)13-11-18-7-5-12(13)6-8-18/h10,12-13H,2-9,11H2,1H3,(H,16,17). The number of aromatic nitrogens is 2. The Morgan fingerprint density at radius 2 is 2.21 bits per heavy atom. The SMILES string of the molecule is CCCCCOc1c[nH]nc1C1CN2CCC1CC2. The average Bonchev–Trinajstić information content (AvgIpc) is 2.93. The average molecular weight is 263 g/mol. The van der Waals surface area contributed by atoms with E-state index in [1.54, 1.807) is 0 Å². The molecular weight excluding hydrogens is 238 g/mol. The van der Waals surface area contributed by atoms with Crippen LogP contribution in [-0.2, 0) is 0 Å². The fourth-order valence-electron chi connectivity index (χ4n) is 3.48. The van der Waals surface area contributed by atoms with E-state index in [9.17, 15) is 0 Å². The molecule has 3 saturated heterocycles. The molecule has 4 heterocycles. The molecule has 0 spiro atoms. The van der Waals surface area contributed by atoms with Crippen molar-refractivity contribution in [3.8, 4) is 5.75 Å². The molecule has 0 amide bonds. The predicted octanol–water partition coefficient (Wildman–Crippen LogP) is 2.79. The van der Waals surface area contributed by atoms with Crippen LogP contribution in [0.15, 0.2) is 6.20 Å². The van der Waals surface area contributed by atoms with Gasteiger partial charge in [0, 0.05) is 12.5 Å². The summed E-state index contributed by atoms with van der Waals surface area (Å²) >= 11 is 0. The fraction of sp³-hybridized carbons (Fsp3) is 0.800. The molecule has 2 bridgehead atoms. The molecule has 106 valence electrons. The van der Waals surface area contributed by atoms with Crippen molar-refractivity contribution in [3.63, 3.8) is 0 Å². The van der Waals surface area contributed by atoms with Gasteiger partial charge in [-0.25, -0.2) is 0 Å². The highest BCUT2D eigenvalue weighted by atomic mass is 16.5. The van der Waals surface area contributed by atoms with E-state index in [0.29, 0.717) is 5.92 Å². The molecule has 0 radical (unpaired) electrons. The number of hydrogen-bond donors (Lipinski definition) is 1. The third-order valence-electron chi connectivity index (χ3n) is 4.65. The number of ether oxygens (including phenoxy) is 1. The molecule has 0 aliphatic carbocycles. The fourth-order valence-corrected chi connectivity index (χ4v) is 3.48. The van der Waals surface area contributed by atoms with Gasteiger partial charge in [0.25, 0.3) is 0 Å². The summed E-state index contributed by atoms with van der Waals surface area (Å²) < 4.78 is 5.93. The van der Waals surface area contributed by atoms with Crippen molar-refractivity contribution in [3.05, 3.63) is 11.9 Å². The number of nitrogens with one attached hydrogen (secondary N) is 1. The Hall–Kier alpha value is -1.03. The first-order chi connectivity index (χ1) is 9.38. The molecule has 0 saturated carbocycles. The van der Waals surface area contributed by atoms with Crippen molar-refractivity contribution in [1.82, 2.24) is 15.1 Å². The lowest BCUT2D eigenvalue weighted by Crippen LogP contribution is -2.46. The Morgan fingerprint density at radius 3 is 2.89 bits per heavy atom. The summed E-state index contributed by atoms with van der Waals surface area (Å²) in [5, 5.41) is 7.48. The zero-order valence-electron chi connectivity index (χ0n) is 11.9. The number of piperidine rings is 3. The van der Waals surface area contributed by atoms with Crippen LogP contribution in [-0.4, -0.2) is 41.3 Å². The number of nitrogens with zero attached hydrogens (tertiary/aromatic N) is 2. The van der Waals surface area contributed by atoms with Crippen molar-refractivity contribution in [2.75, 3.05) is 26.2 Å². The van der Waals surface area contributed by atoms with Gasteiger partial charge in [-0.2, -0.15) is 5.10 Å². The molecular formula is C15H25N3O. The van der Waals surface area contributed by atoms with Gasteiger partial charge in [-0.1, -0.05) is 19.8 Å². The molecule has 1 atom stereocenters. The van der Waals surface area contributed by atoms with E-state index < -0.39 is 0 Å². The molecule has 19 heavy (non-hydrogen) atoms. The van der Waals surface area contributed by atoms with Crippen LogP contribution in [0.4, 0.5) is 0 Å². The number of H-pyrrole nitrogens is 1. The van der Waals surface area contributed by atoms with E-state index in [1.807, 2.05) is 6.20 Å². The minimum absolute atomic E-state index is 0.579. The minimum Gasteiger partial charge on any atom is -0.490 e. The van der Waals surface area contributed by atoms with Crippen molar-refractivity contribution in [2.24, 2.45) is 5.92 Å². The third kappa shape index (κ3) is 2.78. The van der Waals surface area contributed by atoms with Crippen molar-refractivity contribution in [1.29, 1.82) is 0 Å². The number of unbranched alkanes of at least 4 members (excludes halogenated alkanes) is 2. The van der Waals surface area contributed by atoms with E-state index in [2.05, 4.69) is 22.0 Å². The van der Waals surface area contributed by atoms with E-state index in [1.165, 1.54) is 51.0 Å². The smallest absolute Gasteiger partial charge is 0.160 e. The Morgan fingerprint density at radius 1 is 1.37 bits per heavy atom. The highest BCUT2D eigenvalue weighted by molar-refractivity contribution is 5.29. The number of rotatable bonds is 6. The largest absolute Gasteiger partial charge is 0.490 e. The summed E-state index contributed by atoms with van der Waals surface area (Å²) in [6.45, 7) is 6.76. The van der Waals surface area contributed by atoms with Crippen LogP contribution in [0.1, 0.15) is 50.6 Å². The molecule has 3 fully saturated rings. The topological polar surface area (TPSA) is 41.1 Å². The quantitative estimate of drug-likeness (QED) is 0.802. The molecule has 3 aliphatic rings. The second-order valence-corrected chi connectivity index (χ2v) is 5.93. The summed E-state index contributed by atoms with van der Waals surface area (Å²) in [5.74, 6) is 2.39. The van der Waals surface area contributed by atoms with Gasteiger partial charge in [0.2, 0.25) is 0 Å². The Balaban J connectivity index is 1.63. The number of fused-ring (bicyclic) bond motifs is 3. The third-order valence-corrected chi connectivity index (χ3v) is 4.65. The summed E-state index contributed by atoms with van der Waals surface area (Å²) in [6, 6.07) is 0. The first-order valence-electron chi connectivity index (χ1n) is 7.77. The lowest BCUT2D eigenvalue weighted by molar-refractivity contribution is 0.0839. The van der Waals surface area contributed by atoms with Crippen LogP contribution in [0.5, 0.6) is 5.75 Å². The molecule has 3 aliphatic heterocycles. The lowest BCUT2D eigenvalue weighted by Gasteiger charge is -2.44. The maximum Gasteiger partial charge on any atom is 0.160 e. The van der Waals surface area contributed by atoms with Crippen LogP contribution in [0.2, 0.25) is 0 Å². The Kier molecular flexibility index (Phi) is 4.06. The monoisotopic (exact) mass is 263 g/mol. The van der Waals surface area contributed by atoms with Gasteiger partial charge in [-0.05, 0) is 38.3 Å². The summed E-state index contributed by atoms with van der Waals surface area (Å²) in [5.41, 5.74) is 1.17. The number of aromatic amines is 1. The van der Waals surface area contributed by atoms with E-state index >= 15 is 0 Å². The first-order valence-corrected chi connectivity index (χ1v) is 7.77. The lowest BCUT2D eigenvalue weighted by atomic mass is 9.77. The second kappa shape index (κ2) is 5.95. The molecule has 1 aromatic rings. The zero-order chi connectivity index (χ0) is 13.1. The van der Waals surface area contributed by atoms with Crippen molar-refractivity contribution < 1.29 is 4.74 Å². The van der Waals surface area contributed by atoms with Gasteiger partial charge >= 0.3 is 0 Å². The molecule has 1 unspecified atom stereocenters. The highest BCUT2D eigenvalue weighted by Crippen LogP contribution is 2.41. The molecule has 0 aromatic carbocycles. The van der Waals surface area contributed by atoms with Gasteiger partial charge in [0.1, 0.15) is 5.69 Å². The van der Waals surface area contributed by atoms with E-state index in [4.69, 9.17) is 4.74 Å².